The molecule has 0 spiro atoms. The lowest BCUT2D eigenvalue weighted by Gasteiger charge is -2.15. The molecule has 2 rings (SSSR count). The van der Waals surface area contributed by atoms with Gasteiger partial charge in [-0.15, -0.1) is 0 Å². The Morgan fingerprint density at radius 3 is 2.94 bits per heavy atom. The zero-order valence-corrected chi connectivity index (χ0v) is 8.90. The molecule has 1 amide bonds. The predicted molar refractivity (Wildman–Crippen MR) is 62.2 cm³/mol. The third-order valence-corrected chi connectivity index (χ3v) is 2.66. The minimum atomic E-state index is -0.510. The van der Waals surface area contributed by atoms with Crippen LogP contribution in [0.5, 0.6) is 0 Å². The molecule has 0 radical (unpaired) electrons. The first-order valence-electron chi connectivity index (χ1n) is 5.21. The fourth-order valence-corrected chi connectivity index (χ4v) is 1.77. The molecule has 1 aliphatic heterocycles. The van der Waals surface area contributed by atoms with Gasteiger partial charge in [-0.25, -0.2) is 0 Å². The molecular weight excluding hydrogens is 206 g/mol. The number of amides is 1. The van der Waals surface area contributed by atoms with E-state index >= 15 is 0 Å². The van der Waals surface area contributed by atoms with E-state index in [9.17, 15) is 4.79 Å². The second-order valence-corrected chi connectivity index (χ2v) is 3.84. The highest BCUT2D eigenvalue weighted by atomic mass is 16.5. The Balaban J connectivity index is 2.20. The van der Waals surface area contributed by atoms with E-state index in [1.807, 2.05) is 6.07 Å². The molecule has 0 saturated carbocycles. The molecule has 5 nitrogen and oxygen atoms in total. The number of anilines is 2. The first-order chi connectivity index (χ1) is 7.68. The van der Waals surface area contributed by atoms with Crippen molar-refractivity contribution in [3.8, 4) is 0 Å². The molecule has 0 bridgehead atoms. The average Bonchev–Trinajstić information content (AvgIpc) is 2.73. The summed E-state index contributed by atoms with van der Waals surface area (Å²) in [6.45, 7) is 1.42. The van der Waals surface area contributed by atoms with Gasteiger partial charge >= 0.3 is 0 Å². The van der Waals surface area contributed by atoms with Crippen LogP contribution in [-0.2, 0) is 4.74 Å². The van der Waals surface area contributed by atoms with E-state index in [-0.39, 0.29) is 6.04 Å². The van der Waals surface area contributed by atoms with Gasteiger partial charge in [-0.1, -0.05) is 6.07 Å². The van der Waals surface area contributed by atoms with Crippen LogP contribution in [0.25, 0.3) is 0 Å². The SMILES string of the molecule is NC(=O)c1cccc(NC2CCOC2)c1N. The van der Waals surface area contributed by atoms with Crippen LogP contribution in [0.1, 0.15) is 16.8 Å². The van der Waals surface area contributed by atoms with Crippen LogP contribution in [0, 0.1) is 0 Å². The predicted octanol–water partition coefficient (Wildman–Crippen LogP) is 0.568. The summed E-state index contributed by atoms with van der Waals surface area (Å²) in [6, 6.07) is 5.47. The lowest BCUT2D eigenvalue weighted by atomic mass is 10.1. The summed E-state index contributed by atoms with van der Waals surface area (Å²) >= 11 is 0. The van der Waals surface area contributed by atoms with Gasteiger partial charge in [0, 0.05) is 6.61 Å². The number of primary amides is 1. The number of hydrogen-bond acceptors (Lipinski definition) is 4. The lowest BCUT2D eigenvalue weighted by molar-refractivity contribution is 0.100. The van der Waals surface area contributed by atoms with Gasteiger partial charge in [-0.05, 0) is 18.6 Å². The van der Waals surface area contributed by atoms with E-state index in [0.717, 1.165) is 18.7 Å². The van der Waals surface area contributed by atoms with Crippen molar-refractivity contribution in [3.05, 3.63) is 23.8 Å². The van der Waals surface area contributed by atoms with Crippen LogP contribution in [0.3, 0.4) is 0 Å². The molecule has 5 N–H and O–H groups in total. The van der Waals surface area contributed by atoms with E-state index in [1.54, 1.807) is 12.1 Å². The Hall–Kier alpha value is -1.75. The summed E-state index contributed by atoms with van der Waals surface area (Å²) in [7, 11) is 0. The number of rotatable bonds is 3. The molecular formula is C11H15N3O2. The Morgan fingerprint density at radius 2 is 2.31 bits per heavy atom. The van der Waals surface area contributed by atoms with Crippen molar-refractivity contribution in [2.75, 3.05) is 24.3 Å². The molecule has 1 aliphatic rings. The number of carbonyl (C=O) groups is 1. The van der Waals surface area contributed by atoms with Crippen LogP contribution in [-0.4, -0.2) is 25.2 Å². The maximum atomic E-state index is 11.1. The Labute approximate surface area is 93.8 Å². The molecule has 1 saturated heterocycles. The maximum absolute atomic E-state index is 11.1. The zero-order valence-electron chi connectivity index (χ0n) is 8.90. The van der Waals surface area contributed by atoms with Crippen LogP contribution in [0.2, 0.25) is 0 Å². The van der Waals surface area contributed by atoms with Crippen molar-refractivity contribution in [1.82, 2.24) is 0 Å². The van der Waals surface area contributed by atoms with Gasteiger partial charge in [-0.3, -0.25) is 4.79 Å². The summed E-state index contributed by atoms with van der Waals surface area (Å²) in [5, 5.41) is 3.25. The minimum Gasteiger partial charge on any atom is -0.396 e. The number of carbonyl (C=O) groups excluding carboxylic acids is 1. The highest BCUT2D eigenvalue weighted by molar-refractivity contribution is 6.00. The fourth-order valence-electron chi connectivity index (χ4n) is 1.77. The molecule has 1 fully saturated rings. The quantitative estimate of drug-likeness (QED) is 0.651. The minimum absolute atomic E-state index is 0.255. The summed E-state index contributed by atoms with van der Waals surface area (Å²) in [5.74, 6) is -0.510. The van der Waals surface area contributed by atoms with Crippen LogP contribution in [0.4, 0.5) is 11.4 Å². The number of nitrogens with one attached hydrogen (secondary N) is 1. The van der Waals surface area contributed by atoms with E-state index in [4.69, 9.17) is 16.2 Å². The van der Waals surface area contributed by atoms with Crippen molar-refractivity contribution in [2.24, 2.45) is 5.73 Å². The topological polar surface area (TPSA) is 90.4 Å². The molecule has 0 aromatic heterocycles. The lowest BCUT2D eigenvalue weighted by Crippen LogP contribution is -2.21. The van der Waals surface area contributed by atoms with Gasteiger partial charge in [0.2, 0.25) is 0 Å². The molecule has 86 valence electrons. The molecule has 0 aliphatic carbocycles. The van der Waals surface area contributed by atoms with Gasteiger partial charge < -0.3 is 21.5 Å². The second-order valence-electron chi connectivity index (χ2n) is 3.84. The monoisotopic (exact) mass is 221 g/mol. The maximum Gasteiger partial charge on any atom is 0.250 e. The van der Waals surface area contributed by atoms with Crippen LogP contribution in [0.15, 0.2) is 18.2 Å². The van der Waals surface area contributed by atoms with Crippen molar-refractivity contribution in [3.63, 3.8) is 0 Å². The van der Waals surface area contributed by atoms with Gasteiger partial charge in [-0.2, -0.15) is 0 Å². The van der Waals surface area contributed by atoms with Crippen molar-refractivity contribution in [1.29, 1.82) is 0 Å². The Kier molecular flexibility index (Phi) is 2.96. The third kappa shape index (κ3) is 2.09. The number of ether oxygens (including phenoxy) is 1. The Bertz CT molecular complexity index is 400. The fraction of sp³-hybridized carbons (Fsp3) is 0.364. The summed E-state index contributed by atoms with van der Waals surface area (Å²) in [5.41, 5.74) is 12.6. The summed E-state index contributed by atoms with van der Waals surface area (Å²) < 4.78 is 5.25. The van der Waals surface area contributed by atoms with E-state index < -0.39 is 5.91 Å². The van der Waals surface area contributed by atoms with Gasteiger partial charge in [0.25, 0.3) is 5.91 Å². The first-order valence-corrected chi connectivity index (χ1v) is 5.21. The van der Waals surface area contributed by atoms with E-state index in [2.05, 4.69) is 5.32 Å². The first kappa shape index (κ1) is 10.8. The molecule has 1 aromatic rings. The van der Waals surface area contributed by atoms with Gasteiger partial charge in [0.15, 0.2) is 0 Å². The number of para-hydroxylation sites is 1. The average molecular weight is 221 g/mol. The number of nitrogens with two attached hydrogens (primary N) is 2. The standard InChI is InChI=1S/C11H15N3O2/c12-10-8(11(13)15)2-1-3-9(10)14-7-4-5-16-6-7/h1-3,7,14H,4-6,12H2,(H2,13,15). The summed E-state index contributed by atoms with van der Waals surface area (Å²) in [6.07, 6.45) is 0.945. The molecule has 1 aromatic carbocycles. The third-order valence-electron chi connectivity index (χ3n) is 2.66. The molecule has 5 heteroatoms. The molecule has 1 heterocycles. The number of hydrogen-bond donors (Lipinski definition) is 3. The molecule has 16 heavy (non-hydrogen) atoms. The van der Waals surface area contributed by atoms with Crippen molar-refractivity contribution in [2.45, 2.75) is 12.5 Å². The smallest absolute Gasteiger partial charge is 0.250 e. The highest BCUT2D eigenvalue weighted by Crippen LogP contribution is 2.24. The second kappa shape index (κ2) is 4.40. The van der Waals surface area contributed by atoms with Crippen LogP contribution >= 0.6 is 0 Å². The highest BCUT2D eigenvalue weighted by Gasteiger charge is 2.17. The number of benzene rings is 1. The molecule has 1 atom stereocenters. The number of nitrogen functional groups attached to an aromatic ring is 1. The van der Waals surface area contributed by atoms with Crippen LogP contribution < -0.4 is 16.8 Å². The van der Waals surface area contributed by atoms with Gasteiger partial charge in [0.1, 0.15) is 0 Å². The van der Waals surface area contributed by atoms with Gasteiger partial charge in [0.05, 0.1) is 29.6 Å². The Morgan fingerprint density at radius 1 is 1.50 bits per heavy atom. The van der Waals surface area contributed by atoms with Crippen molar-refractivity contribution < 1.29 is 9.53 Å². The zero-order chi connectivity index (χ0) is 11.5. The van der Waals surface area contributed by atoms with E-state index in [1.165, 1.54) is 0 Å². The van der Waals surface area contributed by atoms with E-state index in [0.29, 0.717) is 17.9 Å². The normalized spacial score (nSPS) is 19.6. The van der Waals surface area contributed by atoms with Crippen molar-refractivity contribution >= 4 is 17.3 Å². The largest absolute Gasteiger partial charge is 0.396 e. The summed E-state index contributed by atoms with van der Waals surface area (Å²) in [4.78, 5) is 11.1. The molecule has 1 unspecified atom stereocenters.